The SMILES string of the molecule is CC(C)(C)c1cc(N2c3ccccc3[B-]3(c4ccccc4)c4ccccc4N(c4cc(C(C)(C)C)cc(C(C)(C)C)c4)c4cccc2[n+]43)cc(C(C)(C)C)c1. The fraction of sp³-hybridized carbons (Fsp3) is 0.314. The summed E-state index contributed by atoms with van der Waals surface area (Å²) in [5, 5.41) is 0. The van der Waals surface area contributed by atoms with Gasteiger partial charge in [-0.25, -0.2) is 9.80 Å². The van der Waals surface area contributed by atoms with Crippen LogP contribution in [0.5, 0.6) is 0 Å². The first-order valence-corrected chi connectivity index (χ1v) is 20.2. The van der Waals surface area contributed by atoms with Gasteiger partial charge in [0.15, 0.2) is 11.6 Å². The van der Waals surface area contributed by atoms with Crippen LogP contribution in [0, 0.1) is 0 Å². The van der Waals surface area contributed by atoms with Crippen molar-refractivity contribution >= 4 is 57.1 Å². The van der Waals surface area contributed by atoms with Gasteiger partial charge in [0.05, 0.1) is 11.4 Å². The zero-order valence-electron chi connectivity index (χ0n) is 35.1. The van der Waals surface area contributed by atoms with Crippen molar-refractivity contribution in [2.45, 2.75) is 105 Å². The lowest BCUT2D eigenvalue weighted by atomic mass is 9.22. The topological polar surface area (TPSA) is 10.4 Å². The lowest BCUT2D eigenvalue weighted by Crippen LogP contribution is -2.89. The summed E-state index contributed by atoms with van der Waals surface area (Å²) in [6, 6.07) is 51.2. The van der Waals surface area contributed by atoms with Gasteiger partial charge in [0.1, 0.15) is 11.4 Å². The Morgan fingerprint density at radius 1 is 0.382 bits per heavy atom. The Labute approximate surface area is 330 Å². The molecule has 0 spiro atoms. The van der Waals surface area contributed by atoms with E-state index in [4.69, 9.17) is 0 Å². The van der Waals surface area contributed by atoms with Gasteiger partial charge in [-0.15, -0.1) is 10.9 Å². The second-order valence-electron chi connectivity index (χ2n) is 20.2. The second kappa shape index (κ2) is 12.5. The van der Waals surface area contributed by atoms with E-state index in [0.29, 0.717) is 0 Å². The van der Waals surface area contributed by atoms with Gasteiger partial charge in [0.25, 0.3) is 0 Å². The van der Waals surface area contributed by atoms with E-state index in [-0.39, 0.29) is 21.7 Å². The van der Waals surface area contributed by atoms with Gasteiger partial charge in [-0.05, 0) is 86.4 Å². The highest BCUT2D eigenvalue weighted by molar-refractivity contribution is 7.07. The monoisotopic (exact) mass is 723 g/mol. The fourth-order valence-electron chi connectivity index (χ4n) is 9.04. The molecule has 3 nitrogen and oxygen atoms in total. The number of nitrogens with zero attached hydrogens (tertiary/aromatic N) is 3. The first-order chi connectivity index (χ1) is 25.8. The van der Waals surface area contributed by atoms with Crippen LogP contribution in [0.2, 0.25) is 0 Å². The molecule has 8 rings (SSSR count). The maximum Gasteiger partial charge on any atom is 0.250 e. The van der Waals surface area contributed by atoms with E-state index in [1.807, 2.05) is 0 Å². The Kier molecular flexibility index (Phi) is 8.36. The van der Waals surface area contributed by atoms with Crippen molar-refractivity contribution in [2.75, 3.05) is 9.80 Å². The Balaban J connectivity index is 1.54. The Hall–Kier alpha value is -5.09. The molecule has 0 amide bonds. The van der Waals surface area contributed by atoms with Crippen LogP contribution in [-0.2, 0) is 21.7 Å². The Morgan fingerprint density at radius 2 is 0.727 bits per heavy atom. The van der Waals surface area contributed by atoms with Crippen molar-refractivity contribution in [1.82, 2.24) is 0 Å². The van der Waals surface area contributed by atoms with Gasteiger partial charge >= 0.3 is 0 Å². The van der Waals surface area contributed by atoms with Crippen LogP contribution in [-0.4, -0.2) is 6.28 Å². The van der Waals surface area contributed by atoms with Gasteiger partial charge in [0, 0.05) is 12.1 Å². The third kappa shape index (κ3) is 5.91. The highest BCUT2D eigenvalue weighted by atomic mass is 15.3. The number of pyridine rings is 1. The van der Waals surface area contributed by atoms with Gasteiger partial charge in [0.2, 0.25) is 6.28 Å². The van der Waals surface area contributed by atoms with Crippen LogP contribution >= 0.6 is 0 Å². The van der Waals surface area contributed by atoms with Crippen molar-refractivity contribution in [3.63, 3.8) is 0 Å². The van der Waals surface area contributed by atoms with Gasteiger partial charge in [-0.1, -0.05) is 162 Å². The predicted molar refractivity (Wildman–Crippen MR) is 237 cm³/mol. The van der Waals surface area contributed by atoms with E-state index in [2.05, 4.69) is 231 Å². The van der Waals surface area contributed by atoms with Crippen molar-refractivity contribution in [1.29, 1.82) is 0 Å². The third-order valence-electron chi connectivity index (χ3n) is 12.2. The molecule has 0 saturated carbocycles. The van der Waals surface area contributed by atoms with Gasteiger partial charge in [-0.2, -0.15) is 5.46 Å². The summed E-state index contributed by atoms with van der Waals surface area (Å²) >= 11 is 0. The second-order valence-corrected chi connectivity index (χ2v) is 20.2. The number of para-hydroxylation sites is 2. The van der Waals surface area contributed by atoms with Crippen LogP contribution in [0.25, 0.3) is 0 Å². The maximum absolute atomic E-state index is 2.71. The molecule has 0 radical (unpaired) electrons. The first kappa shape index (κ1) is 36.9. The average molecular weight is 724 g/mol. The lowest BCUT2D eigenvalue weighted by Gasteiger charge is -2.54. The highest BCUT2D eigenvalue weighted by Crippen LogP contribution is 2.46. The normalized spacial score (nSPS) is 15.0. The van der Waals surface area contributed by atoms with Crippen LogP contribution < -0.4 is 30.7 Å². The zero-order valence-corrected chi connectivity index (χ0v) is 35.1. The number of rotatable bonds is 3. The molecule has 6 aromatic rings. The minimum atomic E-state index is -1.69. The predicted octanol–water partition coefficient (Wildman–Crippen LogP) is 11.2. The molecule has 55 heavy (non-hydrogen) atoms. The molecule has 0 fully saturated rings. The molecule has 0 N–H and O–H groups in total. The molecule has 0 saturated heterocycles. The van der Waals surface area contributed by atoms with Crippen molar-refractivity contribution in [3.8, 4) is 0 Å². The molecule has 2 aliphatic heterocycles. The van der Waals surface area contributed by atoms with Crippen molar-refractivity contribution in [3.05, 3.63) is 156 Å². The molecular formula is C51H58BN3. The molecule has 4 heteroatoms. The minimum Gasteiger partial charge on any atom is -0.410 e. The van der Waals surface area contributed by atoms with Crippen LogP contribution in [0.1, 0.15) is 105 Å². The minimum absolute atomic E-state index is 0.0229. The van der Waals surface area contributed by atoms with Crippen molar-refractivity contribution < 1.29 is 4.48 Å². The van der Waals surface area contributed by atoms with E-state index < -0.39 is 6.28 Å². The first-order valence-electron chi connectivity index (χ1n) is 20.2. The largest absolute Gasteiger partial charge is 0.410 e. The molecule has 3 heterocycles. The number of hydrogen-bond acceptors (Lipinski definition) is 2. The average Bonchev–Trinajstić information content (AvgIpc) is 3.13. The Morgan fingerprint density at radius 3 is 1.09 bits per heavy atom. The van der Waals surface area contributed by atoms with Crippen LogP contribution in [0.15, 0.2) is 133 Å². The van der Waals surface area contributed by atoms with E-state index in [1.54, 1.807) is 0 Å². The number of benzene rings is 5. The van der Waals surface area contributed by atoms with Gasteiger partial charge in [-0.3, -0.25) is 0 Å². The summed E-state index contributed by atoms with van der Waals surface area (Å²) in [6.45, 7) is 28.0. The van der Waals surface area contributed by atoms with E-state index >= 15 is 0 Å². The van der Waals surface area contributed by atoms with E-state index in [1.165, 1.54) is 61.4 Å². The lowest BCUT2D eigenvalue weighted by molar-refractivity contribution is -0.512. The smallest absolute Gasteiger partial charge is 0.250 e. The van der Waals surface area contributed by atoms with Crippen LogP contribution in [0.4, 0.5) is 34.4 Å². The molecule has 0 unspecified atom stereocenters. The summed E-state index contributed by atoms with van der Waals surface area (Å²) in [7, 11) is 0. The van der Waals surface area contributed by atoms with Crippen LogP contribution in [0.3, 0.4) is 0 Å². The number of aromatic nitrogens is 1. The summed E-state index contributed by atoms with van der Waals surface area (Å²) < 4.78 is 2.71. The standard InChI is InChI=1S/C51H58BN3/c1-48(2,3)35-29-36(49(4,5)6)32-40(31-35)53-44-25-18-16-23-42(44)52(39-21-14-13-15-22-39)43-24-17-19-26-45(43)54(47-28-20-27-46(53)55(47)52)41-33-37(50(7,8)9)30-38(34-41)51(10,11)12/h13-34H,1-12H3. The molecule has 0 bridgehead atoms. The molecular weight excluding hydrogens is 665 g/mol. The molecule has 5 aromatic carbocycles. The maximum atomic E-state index is 2.71. The molecule has 0 aliphatic carbocycles. The quantitative estimate of drug-likeness (QED) is 0.168. The van der Waals surface area contributed by atoms with E-state index in [0.717, 1.165) is 11.6 Å². The molecule has 1 aromatic heterocycles. The third-order valence-corrected chi connectivity index (χ3v) is 12.2. The summed E-state index contributed by atoms with van der Waals surface area (Å²) in [5.41, 5.74) is 14.1. The summed E-state index contributed by atoms with van der Waals surface area (Å²) in [5.74, 6) is 2.32. The molecule has 0 atom stereocenters. The van der Waals surface area contributed by atoms with Gasteiger partial charge < -0.3 is 4.48 Å². The number of anilines is 6. The highest BCUT2D eigenvalue weighted by Gasteiger charge is 2.52. The van der Waals surface area contributed by atoms with E-state index in [9.17, 15) is 0 Å². The Bertz CT molecular complexity index is 2220. The number of hydrogen-bond donors (Lipinski definition) is 0. The number of fused-ring (bicyclic) bond motifs is 4. The van der Waals surface area contributed by atoms with Crippen molar-refractivity contribution in [2.24, 2.45) is 0 Å². The molecule has 280 valence electrons. The molecule has 2 aliphatic rings. The summed E-state index contributed by atoms with van der Waals surface area (Å²) in [4.78, 5) is 5.09. The summed E-state index contributed by atoms with van der Waals surface area (Å²) in [6.07, 6.45) is -1.69. The zero-order chi connectivity index (χ0) is 39.3. The fourth-order valence-corrected chi connectivity index (χ4v) is 9.04.